The highest BCUT2D eigenvalue weighted by atomic mass is 79.9. The van der Waals surface area contributed by atoms with Gasteiger partial charge < -0.3 is 0 Å². The molecule has 0 nitrogen and oxygen atoms in total. The summed E-state index contributed by atoms with van der Waals surface area (Å²) in [6.07, 6.45) is -1.62. The van der Waals surface area contributed by atoms with E-state index in [0.29, 0.717) is 6.42 Å². The maximum absolute atomic E-state index is 12.5. The molecule has 0 N–H and O–H groups in total. The summed E-state index contributed by atoms with van der Waals surface area (Å²) in [6.45, 7) is 3.40. The molecule has 0 aromatic rings. The van der Waals surface area contributed by atoms with Crippen molar-refractivity contribution in [3.8, 4) is 0 Å². The molecule has 0 saturated heterocycles. The minimum absolute atomic E-state index is 0.0114. The highest BCUT2D eigenvalue weighted by Crippen LogP contribution is 2.31. The van der Waals surface area contributed by atoms with Crippen LogP contribution in [-0.4, -0.2) is 17.2 Å². The van der Waals surface area contributed by atoms with Crippen molar-refractivity contribution in [2.45, 2.75) is 23.6 Å². The number of rotatable bonds is 5. The second-order valence-electron chi connectivity index (χ2n) is 2.50. The Morgan fingerprint density at radius 1 is 1.43 bits per heavy atom. The first-order chi connectivity index (χ1) is 6.31. The Labute approximate surface area is 96.3 Å². The van der Waals surface area contributed by atoms with Crippen molar-refractivity contribution in [2.75, 3.05) is 0 Å². The van der Waals surface area contributed by atoms with Crippen LogP contribution in [0.1, 0.15) is 6.42 Å². The van der Waals surface area contributed by atoms with Crippen molar-refractivity contribution in [1.29, 1.82) is 0 Å². The van der Waals surface area contributed by atoms with Gasteiger partial charge in [-0.05, 0) is 6.42 Å². The molecule has 82 valence electrons. The molecular weight excluding hydrogens is 332 g/mol. The average molecular weight is 340 g/mol. The summed E-state index contributed by atoms with van der Waals surface area (Å²) in [4.78, 5) is -0.454. The van der Waals surface area contributed by atoms with Gasteiger partial charge in [-0.25, -0.2) is 8.78 Å². The molecule has 0 aliphatic carbocycles. The van der Waals surface area contributed by atoms with Gasteiger partial charge in [-0.3, -0.25) is 0 Å². The molecule has 0 radical (unpaired) electrons. The molecule has 0 bridgehead atoms. The molecule has 0 fully saturated rings. The van der Waals surface area contributed by atoms with Crippen molar-refractivity contribution in [3.63, 3.8) is 0 Å². The van der Waals surface area contributed by atoms with Crippen LogP contribution in [0.5, 0.6) is 0 Å². The van der Waals surface area contributed by atoms with Crippen LogP contribution in [0.2, 0.25) is 0 Å². The lowest BCUT2D eigenvalue weighted by Crippen LogP contribution is -2.24. The van der Waals surface area contributed by atoms with E-state index in [1.54, 1.807) is 0 Å². The molecule has 0 aromatic carbocycles. The second kappa shape index (κ2) is 5.90. The first-order valence-electron chi connectivity index (χ1n) is 3.60. The van der Waals surface area contributed by atoms with Gasteiger partial charge >= 0.3 is 12.3 Å². The fourth-order valence-electron chi connectivity index (χ4n) is 0.596. The van der Waals surface area contributed by atoms with E-state index in [4.69, 9.17) is 0 Å². The minimum atomic E-state index is -4.11. The molecule has 1 unspecified atom stereocenters. The van der Waals surface area contributed by atoms with E-state index in [2.05, 4.69) is 38.4 Å². The summed E-state index contributed by atoms with van der Waals surface area (Å²) in [7, 11) is 0. The largest absolute Gasteiger partial charge is 0.326 e. The van der Waals surface area contributed by atoms with Gasteiger partial charge in [0.2, 0.25) is 0 Å². The Morgan fingerprint density at radius 2 is 1.93 bits per heavy atom. The van der Waals surface area contributed by atoms with E-state index in [0.717, 1.165) is 0 Å². The van der Waals surface area contributed by atoms with E-state index in [1.807, 2.05) is 0 Å². The lowest BCUT2D eigenvalue weighted by molar-refractivity contribution is -0.0908. The van der Waals surface area contributed by atoms with Crippen molar-refractivity contribution < 1.29 is 17.6 Å². The van der Waals surface area contributed by atoms with E-state index >= 15 is 0 Å². The summed E-state index contributed by atoms with van der Waals surface area (Å²) in [5.74, 6) is -4.11. The van der Waals surface area contributed by atoms with Crippen LogP contribution in [0.15, 0.2) is 23.2 Å². The van der Waals surface area contributed by atoms with Gasteiger partial charge in [0.25, 0.3) is 0 Å². The first kappa shape index (κ1) is 14.2. The summed E-state index contributed by atoms with van der Waals surface area (Å²) < 4.78 is 48.5. The quantitative estimate of drug-likeness (QED) is 0.393. The van der Waals surface area contributed by atoms with Crippen LogP contribution in [0.3, 0.4) is 0 Å². The maximum Gasteiger partial charge on any atom is 0.326 e. The molecule has 1 atom stereocenters. The third-order valence-corrected chi connectivity index (χ3v) is 3.56. The van der Waals surface area contributed by atoms with Crippen molar-refractivity contribution >= 4 is 31.9 Å². The molecule has 14 heavy (non-hydrogen) atoms. The lowest BCUT2D eigenvalue weighted by Gasteiger charge is -2.13. The van der Waals surface area contributed by atoms with Crippen molar-refractivity contribution in [1.82, 2.24) is 0 Å². The Kier molecular flexibility index (Phi) is 5.97. The van der Waals surface area contributed by atoms with Gasteiger partial charge in [0.05, 0.1) is 0 Å². The number of hydrogen-bond donors (Lipinski definition) is 0. The fourth-order valence-corrected chi connectivity index (χ4v) is 1.48. The van der Waals surface area contributed by atoms with Crippen LogP contribution in [0.4, 0.5) is 17.6 Å². The van der Waals surface area contributed by atoms with Crippen LogP contribution >= 0.6 is 31.9 Å². The molecule has 0 spiro atoms. The van der Waals surface area contributed by atoms with Gasteiger partial charge in [0.15, 0.2) is 0 Å². The van der Waals surface area contributed by atoms with Gasteiger partial charge in [-0.2, -0.15) is 8.78 Å². The number of hydrogen-bond acceptors (Lipinski definition) is 0. The highest BCUT2D eigenvalue weighted by molar-refractivity contribution is 9.14. The molecule has 0 amide bonds. The molecule has 0 heterocycles. The van der Waals surface area contributed by atoms with E-state index < -0.39 is 17.2 Å². The Balaban J connectivity index is 4.56. The van der Waals surface area contributed by atoms with Crippen LogP contribution in [-0.2, 0) is 0 Å². The number of alkyl halides is 5. The topological polar surface area (TPSA) is 0 Å². The number of allylic oxidation sites excluding steroid dienone is 3. The van der Waals surface area contributed by atoms with Crippen molar-refractivity contribution in [3.05, 3.63) is 23.2 Å². The predicted molar refractivity (Wildman–Crippen MR) is 55.5 cm³/mol. The molecule has 0 aliphatic heterocycles. The maximum atomic E-state index is 12.5. The van der Waals surface area contributed by atoms with Gasteiger partial charge in [-0.15, -0.1) is 6.58 Å². The number of halogens is 6. The zero-order valence-electron chi connectivity index (χ0n) is 6.99. The first-order valence-corrected chi connectivity index (χ1v) is 5.31. The molecular formula is C8H8Br2F4. The molecule has 0 rings (SSSR count). The lowest BCUT2D eigenvalue weighted by atomic mass is 10.2. The molecule has 6 heteroatoms. The highest BCUT2D eigenvalue weighted by Gasteiger charge is 2.38. The van der Waals surface area contributed by atoms with Crippen molar-refractivity contribution in [2.24, 2.45) is 0 Å². The third kappa shape index (κ3) is 4.59. The third-order valence-electron chi connectivity index (χ3n) is 1.29. The standard InChI is InChI=1S/C8H8Br2F4/c1-2-3-5(9)6(10)4-8(13,14)7(11)12/h2,4-5,7H,1,3H2. The van der Waals surface area contributed by atoms with Crippen LogP contribution in [0.25, 0.3) is 0 Å². The summed E-state index contributed by atoms with van der Waals surface area (Å²) in [5.41, 5.74) is 0. The minimum Gasteiger partial charge on any atom is -0.203 e. The Hall–Kier alpha value is 0.160. The van der Waals surface area contributed by atoms with Gasteiger partial charge in [-0.1, -0.05) is 37.9 Å². The Morgan fingerprint density at radius 3 is 2.29 bits per heavy atom. The van der Waals surface area contributed by atoms with E-state index in [-0.39, 0.29) is 10.6 Å². The monoisotopic (exact) mass is 338 g/mol. The zero-order chi connectivity index (χ0) is 11.4. The second-order valence-corrected chi connectivity index (χ2v) is 4.52. The summed E-state index contributed by atoms with van der Waals surface area (Å²) >= 11 is 5.84. The fraction of sp³-hybridized carbons (Fsp3) is 0.500. The average Bonchev–Trinajstić information content (AvgIpc) is 2.03. The molecule has 0 aromatic heterocycles. The van der Waals surface area contributed by atoms with Gasteiger partial charge in [0, 0.05) is 15.4 Å². The SMILES string of the molecule is C=CCC(Br)C(Br)=CC(F)(F)C(F)F. The summed E-state index contributed by atoms with van der Waals surface area (Å²) in [5, 5.41) is 0. The molecule has 0 saturated carbocycles. The normalized spacial score (nSPS) is 15.8. The molecule has 0 aliphatic rings. The summed E-state index contributed by atoms with van der Waals surface area (Å²) in [6, 6.07) is 0. The van der Waals surface area contributed by atoms with Crippen LogP contribution in [0, 0.1) is 0 Å². The van der Waals surface area contributed by atoms with E-state index in [9.17, 15) is 17.6 Å². The predicted octanol–water partition coefficient (Wildman–Crippen LogP) is 4.51. The smallest absolute Gasteiger partial charge is 0.203 e. The Bertz CT molecular complexity index is 225. The van der Waals surface area contributed by atoms with E-state index in [1.165, 1.54) is 6.08 Å². The zero-order valence-corrected chi connectivity index (χ0v) is 10.2. The van der Waals surface area contributed by atoms with Crippen LogP contribution < -0.4 is 0 Å². The van der Waals surface area contributed by atoms with Gasteiger partial charge in [0.1, 0.15) is 0 Å².